The van der Waals surface area contributed by atoms with Crippen LogP contribution in [0.5, 0.6) is 0 Å². The van der Waals surface area contributed by atoms with E-state index in [2.05, 4.69) is 22.1 Å². The summed E-state index contributed by atoms with van der Waals surface area (Å²) < 4.78 is 5.48. The minimum atomic E-state index is 0.772. The highest BCUT2D eigenvalue weighted by Crippen LogP contribution is 2.07. The lowest BCUT2D eigenvalue weighted by molar-refractivity contribution is 0.137. The molecule has 0 aromatic heterocycles. The molecule has 1 rings (SSSR count). The van der Waals surface area contributed by atoms with Crippen molar-refractivity contribution < 1.29 is 4.74 Å². The lowest BCUT2D eigenvalue weighted by Crippen LogP contribution is -2.36. The Hall–Kier alpha value is -0.560. The summed E-state index contributed by atoms with van der Waals surface area (Å²) in [6.07, 6.45) is 6.14. The Bertz CT molecular complexity index is 239. The van der Waals surface area contributed by atoms with E-state index in [1.807, 2.05) is 6.92 Å². The lowest BCUT2D eigenvalue weighted by atomic mass is 10.1. The first-order valence-corrected chi connectivity index (χ1v) is 7.34. The van der Waals surface area contributed by atoms with Crippen molar-refractivity contribution in [3.05, 3.63) is 0 Å². The molecule has 0 amide bonds. The number of likely N-dealkylation sites (tertiary alicyclic amines) is 1. The third-order valence-electron chi connectivity index (χ3n) is 3.24. The highest BCUT2D eigenvalue weighted by Gasteiger charge is 2.08. The van der Waals surface area contributed by atoms with Crippen LogP contribution in [0, 0.1) is 11.8 Å². The van der Waals surface area contributed by atoms with E-state index in [-0.39, 0.29) is 0 Å². The van der Waals surface area contributed by atoms with E-state index in [4.69, 9.17) is 4.74 Å². The average molecular weight is 252 g/mol. The van der Waals surface area contributed by atoms with E-state index in [0.29, 0.717) is 0 Å². The molecule has 0 saturated carbocycles. The third kappa shape index (κ3) is 8.52. The molecule has 0 aliphatic carbocycles. The number of piperidine rings is 1. The summed E-state index contributed by atoms with van der Waals surface area (Å²) in [5.74, 6) is 5.87. The molecule has 104 valence electrons. The van der Waals surface area contributed by atoms with Crippen LogP contribution < -0.4 is 5.32 Å². The predicted octanol–water partition coefficient (Wildman–Crippen LogP) is 1.88. The van der Waals surface area contributed by atoms with Crippen LogP contribution in [-0.4, -0.2) is 50.8 Å². The maximum Gasteiger partial charge on any atom is 0.0575 e. The molecule has 0 atom stereocenters. The van der Waals surface area contributed by atoms with Crippen molar-refractivity contribution in [2.45, 2.75) is 39.0 Å². The Kier molecular flexibility index (Phi) is 9.92. The molecule has 0 unspecified atom stereocenters. The molecule has 1 fully saturated rings. The third-order valence-corrected chi connectivity index (χ3v) is 3.24. The Morgan fingerprint density at radius 3 is 2.72 bits per heavy atom. The van der Waals surface area contributed by atoms with E-state index in [0.717, 1.165) is 39.1 Å². The monoisotopic (exact) mass is 252 g/mol. The molecular weight excluding hydrogens is 224 g/mol. The summed E-state index contributed by atoms with van der Waals surface area (Å²) in [5, 5.41) is 3.49. The van der Waals surface area contributed by atoms with E-state index in [9.17, 15) is 0 Å². The predicted molar refractivity (Wildman–Crippen MR) is 76.7 cm³/mol. The minimum Gasteiger partial charge on any atom is -0.380 e. The van der Waals surface area contributed by atoms with Gasteiger partial charge in [0.2, 0.25) is 0 Å². The second-order valence-corrected chi connectivity index (χ2v) is 4.80. The van der Waals surface area contributed by atoms with Crippen molar-refractivity contribution >= 4 is 0 Å². The van der Waals surface area contributed by atoms with Crippen LogP contribution in [0.3, 0.4) is 0 Å². The smallest absolute Gasteiger partial charge is 0.0575 e. The van der Waals surface area contributed by atoms with Gasteiger partial charge in [-0.3, -0.25) is 0 Å². The summed E-state index contributed by atoms with van der Waals surface area (Å²) in [4.78, 5) is 2.57. The van der Waals surface area contributed by atoms with E-state index in [1.54, 1.807) is 0 Å². The first-order valence-electron chi connectivity index (χ1n) is 7.34. The maximum absolute atomic E-state index is 5.48. The molecule has 1 heterocycles. The number of nitrogens with one attached hydrogen (secondary N) is 1. The standard InChI is InChI=1S/C15H28N2O/c1-2-3-7-14-18-15-8-9-16-10-13-17-11-5-4-6-12-17/h16H,4-15H2,1H3. The van der Waals surface area contributed by atoms with Crippen molar-refractivity contribution in [3.8, 4) is 11.8 Å². The van der Waals surface area contributed by atoms with Crippen LogP contribution in [0.2, 0.25) is 0 Å². The van der Waals surface area contributed by atoms with Crippen LogP contribution in [0.4, 0.5) is 0 Å². The van der Waals surface area contributed by atoms with E-state index >= 15 is 0 Å². The van der Waals surface area contributed by atoms with Gasteiger partial charge in [-0.15, -0.1) is 11.8 Å². The van der Waals surface area contributed by atoms with Gasteiger partial charge < -0.3 is 15.0 Å². The lowest BCUT2D eigenvalue weighted by Gasteiger charge is -2.26. The molecule has 18 heavy (non-hydrogen) atoms. The highest BCUT2D eigenvalue weighted by molar-refractivity contribution is 4.94. The van der Waals surface area contributed by atoms with Gasteiger partial charge in [-0.2, -0.15) is 0 Å². The molecular formula is C15H28N2O. The van der Waals surface area contributed by atoms with E-state index < -0.39 is 0 Å². The van der Waals surface area contributed by atoms with Crippen molar-refractivity contribution in [1.82, 2.24) is 10.2 Å². The molecule has 0 aromatic rings. The van der Waals surface area contributed by atoms with Crippen LogP contribution in [0.25, 0.3) is 0 Å². The second kappa shape index (κ2) is 11.5. The molecule has 3 heteroatoms. The summed E-state index contributed by atoms with van der Waals surface area (Å²) in [6.45, 7) is 9.46. The highest BCUT2D eigenvalue weighted by atomic mass is 16.5. The number of nitrogens with zero attached hydrogens (tertiary/aromatic N) is 1. The minimum absolute atomic E-state index is 0.772. The van der Waals surface area contributed by atoms with E-state index in [1.165, 1.54) is 38.9 Å². The van der Waals surface area contributed by atoms with Crippen molar-refractivity contribution in [1.29, 1.82) is 0 Å². The van der Waals surface area contributed by atoms with Gasteiger partial charge in [0.25, 0.3) is 0 Å². The normalized spacial score (nSPS) is 16.3. The quantitative estimate of drug-likeness (QED) is 0.501. The molecule has 0 radical (unpaired) electrons. The Morgan fingerprint density at radius 2 is 1.94 bits per heavy atom. The Balaban J connectivity index is 1.76. The average Bonchev–Trinajstić information content (AvgIpc) is 2.42. The molecule has 1 aliphatic rings. The number of rotatable bonds is 9. The second-order valence-electron chi connectivity index (χ2n) is 4.80. The zero-order valence-electron chi connectivity index (χ0n) is 11.8. The summed E-state index contributed by atoms with van der Waals surface area (Å²) in [5.41, 5.74) is 0. The Morgan fingerprint density at radius 1 is 1.11 bits per heavy atom. The summed E-state index contributed by atoms with van der Waals surface area (Å²) in [6, 6.07) is 0. The fourth-order valence-corrected chi connectivity index (χ4v) is 2.19. The van der Waals surface area contributed by atoms with Gasteiger partial charge in [-0.1, -0.05) is 6.42 Å². The topological polar surface area (TPSA) is 24.5 Å². The van der Waals surface area contributed by atoms with Gasteiger partial charge in [0, 0.05) is 26.1 Å². The van der Waals surface area contributed by atoms with Crippen LogP contribution in [0.15, 0.2) is 0 Å². The molecule has 0 aromatic carbocycles. The molecule has 0 bridgehead atoms. The van der Waals surface area contributed by atoms with Crippen molar-refractivity contribution in [3.63, 3.8) is 0 Å². The van der Waals surface area contributed by atoms with Crippen LogP contribution in [0.1, 0.15) is 39.0 Å². The molecule has 3 nitrogen and oxygen atoms in total. The largest absolute Gasteiger partial charge is 0.380 e. The summed E-state index contributed by atoms with van der Waals surface area (Å²) in [7, 11) is 0. The maximum atomic E-state index is 5.48. The fourth-order valence-electron chi connectivity index (χ4n) is 2.19. The van der Waals surface area contributed by atoms with Gasteiger partial charge >= 0.3 is 0 Å². The van der Waals surface area contributed by atoms with Crippen LogP contribution >= 0.6 is 0 Å². The fraction of sp³-hybridized carbons (Fsp3) is 0.867. The molecule has 1 N–H and O–H groups in total. The van der Waals surface area contributed by atoms with Gasteiger partial charge in [-0.25, -0.2) is 0 Å². The SMILES string of the molecule is CC#CCCOCCCNCCN1CCCCC1. The van der Waals surface area contributed by atoms with Crippen molar-refractivity contribution in [2.24, 2.45) is 0 Å². The molecule has 0 spiro atoms. The molecule has 1 aliphatic heterocycles. The van der Waals surface area contributed by atoms with Gasteiger partial charge in [0.1, 0.15) is 0 Å². The van der Waals surface area contributed by atoms with Crippen LogP contribution in [-0.2, 0) is 4.74 Å². The van der Waals surface area contributed by atoms with Gasteiger partial charge in [0.15, 0.2) is 0 Å². The van der Waals surface area contributed by atoms with Crippen molar-refractivity contribution in [2.75, 3.05) is 45.9 Å². The van der Waals surface area contributed by atoms with Gasteiger partial charge in [0.05, 0.1) is 6.61 Å². The number of hydrogen-bond acceptors (Lipinski definition) is 3. The summed E-state index contributed by atoms with van der Waals surface area (Å²) >= 11 is 0. The zero-order valence-corrected chi connectivity index (χ0v) is 11.8. The first-order chi connectivity index (χ1) is 8.93. The van der Waals surface area contributed by atoms with Gasteiger partial charge in [-0.05, 0) is 45.8 Å². The first kappa shape index (κ1) is 15.5. The molecule has 1 saturated heterocycles. The zero-order chi connectivity index (χ0) is 12.9. The number of ether oxygens (including phenoxy) is 1. The Labute approximate surface area is 112 Å². The number of hydrogen-bond donors (Lipinski definition) is 1.